The van der Waals surface area contributed by atoms with Gasteiger partial charge in [-0.1, -0.05) is 6.92 Å². The second kappa shape index (κ2) is 4.41. The fourth-order valence-electron chi connectivity index (χ4n) is 2.77. The van der Waals surface area contributed by atoms with Crippen LogP contribution in [0, 0.1) is 0 Å². The first-order valence-electron chi connectivity index (χ1n) is 6.92. The molecule has 104 valence electrons. The van der Waals surface area contributed by atoms with Gasteiger partial charge in [0.05, 0.1) is 5.92 Å². The van der Waals surface area contributed by atoms with Gasteiger partial charge in [-0.15, -0.1) is 0 Å². The molecular formula is C16H13N3O2. The molecular weight excluding hydrogens is 266 g/mol. The fraction of sp³-hybridized carbons (Fsp3) is 0.188. The molecule has 1 unspecified atom stereocenters. The summed E-state index contributed by atoms with van der Waals surface area (Å²) in [5.41, 5.74) is 4.17. The molecule has 1 aromatic carbocycles. The van der Waals surface area contributed by atoms with Crippen molar-refractivity contribution in [3.63, 3.8) is 0 Å². The van der Waals surface area contributed by atoms with E-state index in [9.17, 15) is 4.79 Å². The number of carbonyl (C=O) groups is 1. The maximum Gasteiger partial charge on any atom is 0.231 e. The zero-order valence-corrected chi connectivity index (χ0v) is 11.5. The predicted octanol–water partition coefficient (Wildman–Crippen LogP) is 3.34. The first kappa shape index (κ1) is 12.1. The molecule has 0 saturated heterocycles. The lowest BCUT2D eigenvalue weighted by molar-refractivity contribution is -0.117. The summed E-state index contributed by atoms with van der Waals surface area (Å²) in [4.78, 5) is 20.4. The quantitative estimate of drug-likeness (QED) is 0.781. The summed E-state index contributed by atoms with van der Waals surface area (Å²) < 4.78 is 5.79. The van der Waals surface area contributed by atoms with Gasteiger partial charge in [-0.25, -0.2) is 4.98 Å². The Labute approximate surface area is 121 Å². The molecule has 0 aliphatic carbocycles. The summed E-state index contributed by atoms with van der Waals surface area (Å²) >= 11 is 0. The van der Waals surface area contributed by atoms with E-state index >= 15 is 0 Å². The molecule has 1 aliphatic heterocycles. The van der Waals surface area contributed by atoms with Crippen molar-refractivity contribution < 1.29 is 9.21 Å². The molecule has 0 bridgehead atoms. The number of benzene rings is 1. The van der Waals surface area contributed by atoms with Crippen molar-refractivity contribution in [1.82, 2.24) is 9.97 Å². The van der Waals surface area contributed by atoms with Gasteiger partial charge in [0.25, 0.3) is 0 Å². The van der Waals surface area contributed by atoms with Crippen LogP contribution in [0.1, 0.15) is 24.8 Å². The van der Waals surface area contributed by atoms with E-state index in [1.165, 1.54) is 0 Å². The number of amides is 1. The number of fused-ring (bicyclic) bond motifs is 2. The Balaban J connectivity index is 1.86. The van der Waals surface area contributed by atoms with Gasteiger partial charge < -0.3 is 9.73 Å². The van der Waals surface area contributed by atoms with Crippen molar-refractivity contribution in [1.29, 1.82) is 0 Å². The average molecular weight is 279 g/mol. The summed E-state index contributed by atoms with van der Waals surface area (Å²) in [5, 5.41) is 2.90. The van der Waals surface area contributed by atoms with E-state index < -0.39 is 0 Å². The minimum Gasteiger partial charge on any atom is -0.436 e. The molecule has 2 aromatic heterocycles. The van der Waals surface area contributed by atoms with E-state index in [-0.39, 0.29) is 11.8 Å². The molecule has 1 N–H and O–H groups in total. The Morgan fingerprint density at radius 1 is 1.29 bits per heavy atom. The lowest BCUT2D eigenvalue weighted by Crippen LogP contribution is -2.10. The zero-order valence-electron chi connectivity index (χ0n) is 11.5. The van der Waals surface area contributed by atoms with Crippen molar-refractivity contribution in [2.75, 3.05) is 5.32 Å². The van der Waals surface area contributed by atoms with E-state index in [4.69, 9.17) is 4.42 Å². The molecule has 0 saturated carbocycles. The third kappa shape index (κ3) is 1.81. The number of aromatic nitrogens is 2. The van der Waals surface area contributed by atoms with Crippen molar-refractivity contribution in [3.8, 4) is 11.5 Å². The molecule has 5 heteroatoms. The highest BCUT2D eigenvalue weighted by Crippen LogP contribution is 2.38. The Hall–Kier alpha value is -2.69. The number of hydrogen-bond acceptors (Lipinski definition) is 4. The average Bonchev–Trinajstić information content (AvgIpc) is 3.04. The number of anilines is 1. The monoisotopic (exact) mass is 279 g/mol. The van der Waals surface area contributed by atoms with Crippen LogP contribution >= 0.6 is 0 Å². The van der Waals surface area contributed by atoms with E-state index in [2.05, 4.69) is 15.3 Å². The molecule has 21 heavy (non-hydrogen) atoms. The maximum atomic E-state index is 11.9. The first-order valence-corrected chi connectivity index (χ1v) is 6.92. The summed E-state index contributed by atoms with van der Waals surface area (Å²) in [6.07, 6.45) is 4.19. The van der Waals surface area contributed by atoms with Crippen molar-refractivity contribution in [3.05, 3.63) is 42.2 Å². The minimum atomic E-state index is -0.0922. The molecule has 0 radical (unpaired) electrons. The molecule has 1 aliphatic rings. The number of pyridine rings is 1. The highest BCUT2D eigenvalue weighted by molar-refractivity contribution is 6.05. The zero-order chi connectivity index (χ0) is 14.4. The molecule has 1 amide bonds. The fourth-order valence-corrected chi connectivity index (χ4v) is 2.77. The highest BCUT2D eigenvalue weighted by atomic mass is 16.3. The Morgan fingerprint density at radius 3 is 2.86 bits per heavy atom. The Bertz CT molecular complexity index is 839. The molecule has 5 nitrogen and oxygen atoms in total. The lowest BCUT2D eigenvalue weighted by atomic mass is 9.98. The third-order valence-electron chi connectivity index (χ3n) is 3.85. The number of carbonyl (C=O) groups excluding carboxylic acids is 1. The van der Waals surface area contributed by atoms with E-state index in [0.717, 1.165) is 28.8 Å². The highest BCUT2D eigenvalue weighted by Gasteiger charge is 2.30. The van der Waals surface area contributed by atoms with Crippen molar-refractivity contribution in [2.45, 2.75) is 19.3 Å². The van der Waals surface area contributed by atoms with Crippen LogP contribution in [0.15, 0.2) is 41.1 Å². The maximum absolute atomic E-state index is 11.9. The van der Waals surface area contributed by atoms with Crippen molar-refractivity contribution in [2.24, 2.45) is 0 Å². The molecule has 3 heterocycles. The lowest BCUT2D eigenvalue weighted by Gasteiger charge is -2.03. The smallest absolute Gasteiger partial charge is 0.231 e. The van der Waals surface area contributed by atoms with Crippen LogP contribution in [-0.2, 0) is 4.79 Å². The summed E-state index contributed by atoms with van der Waals surface area (Å²) in [6, 6.07) is 7.52. The van der Waals surface area contributed by atoms with Crippen LogP contribution in [0.4, 0.5) is 5.69 Å². The van der Waals surface area contributed by atoms with Gasteiger partial charge in [0.15, 0.2) is 5.58 Å². The van der Waals surface area contributed by atoms with Gasteiger partial charge in [-0.3, -0.25) is 9.78 Å². The van der Waals surface area contributed by atoms with Gasteiger partial charge in [-0.05, 0) is 30.2 Å². The van der Waals surface area contributed by atoms with Crippen LogP contribution in [0.3, 0.4) is 0 Å². The Morgan fingerprint density at radius 2 is 2.10 bits per heavy atom. The number of hydrogen-bond donors (Lipinski definition) is 1. The summed E-state index contributed by atoms with van der Waals surface area (Å²) in [6.45, 7) is 2.01. The van der Waals surface area contributed by atoms with Crippen LogP contribution in [0.25, 0.3) is 22.6 Å². The summed E-state index contributed by atoms with van der Waals surface area (Å²) in [5.74, 6) is 0.524. The number of rotatable bonds is 2. The number of nitrogens with one attached hydrogen (secondary N) is 1. The second-order valence-corrected chi connectivity index (χ2v) is 5.11. The van der Waals surface area contributed by atoms with Gasteiger partial charge in [0.2, 0.25) is 11.8 Å². The standard InChI is InChI=1S/C16H13N3O2/c1-2-10-11-7-13-14(8-12(11)18-15(10)20)21-16(19-13)9-3-5-17-6-4-9/h3-8,10H,2H2,1H3,(H,18,20). The molecule has 3 aromatic rings. The van der Waals surface area contributed by atoms with Crippen LogP contribution in [0.2, 0.25) is 0 Å². The normalized spacial score (nSPS) is 17.0. The van der Waals surface area contributed by atoms with Crippen LogP contribution in [-0.4, -0.2) is 15.9 Å². The molecule has 1 atom stereocenters. The molecule has 0 spiro atoms. The largest absolute Gasteiger partial charge is 0.436 e. The van der Waals surface area contributed by atoms with E-state index in [1.54, 1.807) is 12.4 Å². The van der Waals surface area contributed by atoms with E-state index in [0.29, 0.717) is 11.5 Å². The third-order valence-corrected chi connectivity index (χ3v) is 3.85. The molecule has 0 fully saturated rings. The van der Waals surface area contributed by atoms with Crippen molar-refractivity contribution >= 4 is 22.7 Å². The minimum absolute atomic E-state index is 0.0505. The first-order chi connectivity index (χ1) is 10.3. The van der Waals surface area contributed by atoms with Crippen LogP contribution < -0.4 is 5.32 Å². The number of oxazole rings is 1. The molecule has 4 rings (SSSR count). The second-order valence-electron chi connectivity index (χ2n) is 5.11. The van der Waals surface area contributed by atoms with Gasteiger partial charge in [0, 0.05) is 29.7 Å². The van der Waals surface area contributed by atoms with Gasteiger partial charge in [0.1, 0.15) is 5.52 Å². The van der Waals surface area contributed by atoms with E-state index in [1.807, 2.05) is 31.2 Å². The predicted molar refractivity (Wildman–Crippen MR) is 78.9 cm³/mol. The van der Waals surface area contributed by atoms with Crippen LogP contribution in [0.5, 0.6) is 0 Å². The summed E-state index contributed by atoms with van der Waals surface area (Å²) in [7, 11) is 0. The van der Waals surface area contributed by atoms with Gasteiger partial charge in [-0.2, -0.15) is 0 Å². The number of nitrogens with zero attached hydrogens (tertiary/aromatic N) is 2. The SMILES string of the molecule is CCC1C(=O)Nc2cc3oc(-c4ccncc4)nc3cc21. The van der Waals surface area contributed by atoms with Gasteiger partial charge >= 0.3 is 0 Å². The topological polar surface area (TPSA) is 68.0 Å². The Kier molecular flexibility index (Phi) is 2.54.